The van der Waals surface area contributed by atoms with Crippen molar-refractivity contribution in [2.24, 2.45) is 0 Å². The van der Waals surface area contributed by atoms with Crippen LogP contribution in [0.5, 0.6) is 11.5 Å². The molecule has 5 nitrogen and oxygen atoms in total. The predicted molar refractivity (Wildman–Crippen MR) is 111 cm³/mol. The molecule has 5 rings (SSSR count). The number of benzene rings is 3. The number of nitrogens with one attached hydrogen (secondary N) is 1. The number of amides is 1. The number of imidazole rings is 1. The molecule has 3 aromatic carbocycles. The van der Waals surface area contributed by atoms with Crippen LogP contribution in [0.15, 0.2) is 91.4 Å². The van der Waals surface area contributed by atoms with Gasteiger partial charge in [-0.2, -0.15) is 0 Å². The lowest BCUT2D eigenvalue weighted by Crippen LogP contribution is -2.30. The Bertz CT molecular complexity index is 1150. The van der Waals surface area contributed by atoms with Crippen LogP contribution in [0.2, 0.25) is 0 Å². The normalized spacial score (nSPS) is 14.1. The molecule has 1 amide bonds. The zero-order chi connectivity index (χ0) is 19.6. The summed E-state index contributed by atoms with van der Waals surface area (Å²) in [5.41, 5.74) is 4.06. The van der Waals surface area contributed by atoms with Gasteiger partial charge in [0.25, 0.3) is 5.91 Å². The number of carbonyl (C=O) groups excluding carboxylic acids is 1. The maximum Gasteiger partial charge on any atom is 0.251 e. The molecule has 0 radical (unpaired) electrons. The lowest BCUT2D eigenvalue weighted by molar-refractivity contribution is 0.0950. The zero-order valence-electron chi connectivity index (χ0n) is 15.7. The summed E-state index contributed by atoms with van der Waals surface area (Å²) in [6.45, 7) is 0.501. The zero-order valence-corrected chi connectivity index (χ0v) is 15.7. The highest BCUT2D eigenvalue weighted by Gasteiger charge is 2.28. The maximum atomic E-state index is 12.7. The van der Waals surface area contributed by atoms with Crippen LogP contribution >= 0.6 is 0 Å². The minimum atomic E-state index is -0.109. The summed E-state index contributed by atoms with van der Waals surface area (Å²) in [7, 11) is 0. The van der Waals surface area contributed by atoms with Crippen molar-refractivity contribution in [3.8, 4) is 22.8 Å². The number of para-hydroxylation sites is 1. The molecule has 5 heteroatoms. The summed E-state index contributed by atoms with van der Waals surface area (Å²) in [6.07, 6.45) is 3.69. The molecule has 0 spiro atoms. The number of hydrogen-bond donors (Lipinski definition) is 1. The molecule has 0 fully saturated rings. The van der Waals surface area contributed by atoms with Crippen molar-refractivity contribution in [1.82, 2.24) is 14.9 Å². The molecule has 1 aliphatic heterocycles. The van der Waals surface area contributed by atoms with Gasteiger partial charge >= 0.3 is 0 Å². The smallest absolute Gasteiger partial charge is 0.251 e. The standard InChI is InChI=1S/C24H19N3O2/c28-24(17-10-12-19(13-11-17)29-18-6-2-1-3-7-18)26-15-23-21-9-5-4-8-20(21)22-14-25-16-27(22)23/h1-14,16,23H,15H2,(H,26,28)/t23-/m0/s1. The highest BCUT2D eigenvalue weighted by Crippen LogP contribution is 2.38. The number of rotatable bonds is 5. The van der Waals surface area contributed by atoms with Crippen LogP contribution in [0.4, 0.5) is 0 Å². The molecule has 1 aliphatic rings. The molecule has 29 heavy (non-hydrogen) atoms. The summed E-state index contributed by atoms with van der Waals surface area (Å²) < 4.78 is 7.89. The molecule has 0 aliphatic carbocycles. The molecule has 2 heterocycles. The fourth-order valence-corrected chi connectivity index (χ4v) is 3.73. The fourth-order valence-electron chi connectivity index (χ4n) is 3.73. The van der Waals surface area contributed by atoms with Gasteiger partial charge in [0.2, 0.25) is 0 Å². The molecular weight excluding hydrogens is 362 g/mol. The number of ether oxygens (including phenoxy) is 1. The van der Waals surface area contributed by atoms with Crippen LogP contribution < -0.4 is 10.1 Å². The summed E-state index contributed by atoms with van der Waals surface area (Å²) in [4.78, 5) is 16.9. The van der Waals surface area contributed by atoms with E-state index >= 15 is 0 Å². The third kappa shape index (κ3) is 3.27. The van der Waals surface area contributed by atoms with E-state index in [0.717, 1.165) is 11.4 Å². The lowest BCUT2D eigenvalue weighted by atomic mass is 10.0. The Kier molecular flexibility index (Phi) is 4.33. The Morgan fingerprint density at radius 2 is 1.66 bits per heavy atom. The summed E-state index contributed by atoms with van der Waals surface area (Å²) in [5.74, 6) is 1.35. The van der Waals surface area contributed by atoms with E-state index < -0.39 is 0 Å². The van der Waals surface area contributed by atoms with E-state index in [2.05, 4.69) is 27.0 Å². The minimum Gasteiger partial charge on any atom is -0.457 e. The van der Waals surface area contributed by atoms with Crippen LogP contribution in [0, 0.1) is 0 Å². The third-order valence-corrected chi connectivity index (χ3v) is 5.15. The molecule has 4 aromatic rings. The van der Waals surface area contributed by atoms with E-state index in [4.69, 9.17) is 4.74 Å². The van der Waals surface area contributed by atoms with Gasteiger partial charge in [-0.05, 0) is 42.0 Å². The van der Waals surface area contributed by atoms with E-state index in [1.54, 1.807) is 24.3 Å². The molecule has 0 saturated carbocycles. The van der Waals surface area contributed by atoms with Gasteiger partial charge in [0.1, 0.15) is 11.5 Å². The second kappa shape index (κ2) is 7.28. The Labute approximate surface area is 168 Å². The average molecular weight is 381 g/mol. The quantitative estimate of drug-likeness (QED) is 0.546. The maximum absolute atomic E-state index is 12.7. The second-order valence-electron chi connectivity index (χ2n) is 6.94. The largest absolute Gasteiger partial charge is 0.457 e. The summed E-state index contributed by atoms with van der Waals surface area (Å²) in [5, 5.41) is 3.05. The topological polar surface area (TPSA) is 56.2 Å². The molecule has 1 atom stereocenters. The molecule has 142 valence electrons. The molecule has 0 bridgehead atoms. The first-order valence-electron chi connectivity index (χ1n) is 9.52. The van der Waals surface area contributed by atoms with Crippen LogP contribution in [-0.2, 0) is 0 Å². The first-order chi connectivity index (χ1) is 14.3. The van der Waals surface area contributed by atoms with Crippen molar-refractivity contribution < 1.29 is 9.53 Å². The highest BCUT2D eigenvalue weighted by atomic mass is 16.5. The van der Waals surface area contributed by atoms with Gasteiger partial charge in [0.15, 0.2) is 0 Å². The van der Waals surface area contributed by atoms with Crippen molar-refractivity contribution in [2.45, 2.75) is 6.04 Å². The SMILES string of the molecule is O=C(NC[C@H]1c2ccccc2-c2cncn21)c1ccc(Oc2ccccc2)cc1. The van der Waals surface area contributed by atoms with E-state index in [9.17, 15) is 4.79 Å². The van der Waals surface area contributed by atoms with Crippen molar-refractivity contribution >= 4 is 5.91 Å². The van der Waals surface area contributed by atoms with Crippen LogP contribution in [-0.4, -0.2) is 22.0 Å². The predicted octanol–water partition coefficient (Wildman–Crippen LogP) is 4.68. The average Bonchev–Trinajstić information content (AvgIpc) is 3.35. The number of carbonyl (C=O) groups is 1. The Hall–Kier alpha value is -3.86. The number of fused-ring (bicyclic) bond motifs is 3. The van der Waals surface area contributed by atoms with E-state index in [1.165, 1.54) is 11.1 Å². The monoisotopic (exact) mass is 381 g/mol. The van der Waals surface area contributed by atoms with Gasteiger partial charge in [0.05, 0.1) is 24.3 Å². The number of hydrogen-bond acceptors (Lipinski definition) is 3. The third-order valence-electron chi connectivity index (χ3n) is 5.15. The van der Waals surface area contributed by atoms with Gasteiger partial charge in [-0.15, -0.1) is 0 Å². The molecule has 1 N–H and O–H groups in total. The molecule has 1 aromatic heterocycles. The van der Waals surface area contributed by atoms with Gasteiger partial charge < -0.3 is 14.6 Å². The summed E-state index contributed by atoms with van der Waals surface area (Å²) in [6, 6.07) is 25.0. The van der Waals surface area contributed by atoms with Crippen molar-refractivity contribution in [2.75, 3.05) is 6.54 Å². The van der Waals surface area contributed by atoms with Gasteiger partial charge in [-0.1, -0.05) is 42.5 Å². The Morgan fingerprint density at radius 3 is 2.48 bits per heavy atom. The summed E-state index contributed by atoms with van der Waals surface area (Å²) >= 11 is 0. The van der Waals surface area contributed by atoms with Crippen molar-refractivity contribution in [3.05, 3.63) is 103 Å². The van der Waals surface area contributed by atoms with Crippen molar-refractivity contribution in [1.29, 1.82) is 0 Å². The number of aromatic nitrogens is 2. The van der Waals surface area contributed by atoms with Gasteiger partial charge in [-0.3, -0.25) is 4.79 Å². The van der Waals surface area contributed by atoms with E-state index in [-0.39, 0.29) is 11.9 Å². The second-order valence-corrected chi connectivity index (χ2v) is 6.94. The lowest BCUT2D eigenvalue weighted by Gasteiger charge is -2.16. The van der Waals surface area contributed by atoms with Crippen LogP contribution in [0.3, 0.4) is 0 Å². The fraction of sp³-hybridized carbons (Fsp3) is 0.0833. The van der Waals surface area contributed by atoms with Gasteiger partial charge in [0, 0.05) is 17.7 Å². The Morgan fingerprint density at radius 1 is 0.931 bits per heavy atom. The first kappa shape index (κ1) is 17.3. The van der Waals surface area contributed by atoms with E-state index in [0.29, 0.717) is 17.9 Å². The Balaban J connectivity index is 1.27. The minimum absolute atomic E-state index is 0.0494. The van der Waals surface area contributed by atoms with Crippen molar-refractivity contribution in [3.63, 3.8) is 0 Å². The van der Waals surface area contributed by atoms with Gasteiger partial charge in [-0.25, -0.2) is 4.98 Å². The molecular formula is C24H19N3O2. The highest BCUT2D eigenvalue weighted by molar-refractivity contribution is 5.94. The molecule has 0 unspecified atom stereocenters. The van der Waals surface area contributed by atoms with Crippen LogP contribution in [0.1, 0.15) is 22.0 Å². The number of nitrogens with zero attached hydrogens (tertiary/aromatic N) is 2. The molecule has 0 saturated heterocycles. The van der Waals surface area contributed by atoms with Crippen LogP contribution in [0.25, 0.3) is 11.3 Å². The van der Waals surface area contributed by atoms with E-state index in [1.807, 2.05) is 55.0 Å². The first-order valence-corrected chi connectivity index (χ1v) is 9.52.